The summed E-state index contributed by atoms with van der Waals surface area (Å²) in [6.45, 7) is 4.94. The molecule has 2 saturated heterocycles. The molecule has 2 atom stereocenters. The minimum atomic E-state index is -0.155. The van der Waals surface area contributed by atoms with Gasteiger partial charge in [-0.25, -0.2) is 4.79 Å². The lowest BCUT2D eigenvalue weighted by Crippen LogP contribution is -2.44. The van der Waals surface area contributed by atoms with E-state index in [2.05, 4.69) is 17.0 Å². The monoisotopic (exact) mass is 436 g/mol. The van der Waals surface area contributed by atoms with Crippen LogP contribution in [0.15, 0.2) is 54.6 Å². The van der Waals surface area contributed by atoms with Gasteiger partial charge in [0.1, 0.15) is 19.3 Å². The van der Waals surface area contributed by atoms with Crippen molar-refractivity contribution in [2.75, 3.05) is 39.4 Å². The summed E-state index contributed by atoms with van der Waals surface area (Å²) < 4.78 is 17.4. The molecule has 32 heavy (non-hydrogen) atoms. The van der Waals surface area contributed by atoms with Crippen LogP contribution in [-0.2, 0) is 11.2 Å². The quantitative estimate of drug-likeness (QED) is 0.657. The van der Waals surface area contributed by atoms with E-state index in [1.807, 2.05) is 47.4 Å². The topological polar surface area (TPSA) is 51.2 Å². The van der Waals surface area contributed by atoms with Crippen LogP contribution in [-0.4, -0.2) is 67.4 Å². The van der Waals surface area contributed by atoms with E-state index in [1.54, 1.807) is 0 Å². The maximum Gasteiger partial charge on any atom is 0.410 e. The number of ether oxygens (including phenoxy) is 3. The Balaban J connectivity index is 1.06. The van der Waals surface area contributed by atoms with Crippen molar-refractivity contribution in [1.29, 1.82) is 0 Å². The first kappa shape index (κ1) is 21.1. The number of fused-ring (bicyclic) bond motifs is 1. The number of carbonyl (C=O) groups is 1. The molecule has 2 fully saturated rings. The van der Waals surface area contributed by atoms with Gasteiger partial charge in [-0.1, -0.05) is 42.5 Å². The molecule has 0 aromatic heterocycles. The lowest BCUT2D eigenvalue weighted by atomic mass is 9.93. The van der Waals surface area contributed by atoms with Crippen molar-refractivity contribution in [3.05, 3.63) is 60.2 Å². The number of carbonyl (C=O) groups excluding carboxylic acids is 1. The Hall–Kier alpha value is -2.73. The zero-order chi connectivity index (χ0) is 21.8. The summed E-state index contributed by atoms with van der Waals surface area (Å²) in [5.41, 5.74) is 1.26. The molecule has 170 valence electrons. The van der Waals surface area contributed by atoms with Crippen LogP contribution in [0, 0.1) is 5.92 Å². The number of hydrogen-bond acceptors (Lipinski definition) is 5. The first-order valence-corrected chi connectivity index (χ1v) is 11.8. The van der Waals surface area contributed by atoms with E-state index in [-0.39, 0.29) is 18.2 Å². The predicted molar refractivity (Wildman–Crippen MR) is 122 cm³/mol. The first-order valence-electron chi connectivity index (χ1n) is 11.8. The van der Waals surface area contributed by atoms with Crippen LogP contribution in [0.1, 0.15) is 24.8 Å². The fourth-order valence-corrected chi connectivity index (χ4v) is 5.04. The summed E-state index contributed by atoms with van der Waals surface area (Å²) in [6, 6.07) is 18.4. The highest BCUT2D eigenvalue weighted by Gasteiger charge is 2.33. The van der Waals surface area contributed by atoms with Crippen LogP contribution in [0.5, 0.6) is 11.5 Å². The van der Waals surface area contributed by atoms with E-state index >= 15 is 0 Å². The van der Waals surface area contributed by atoms with Gasteiger partial charge in [-0.15, -0.1) is 0 Å². The highest BCUT2D eigenvalue weighted by molar-refractivity contribution is 5.70. The van der Waals surface area contributed by atoms with Gasteiger partial charge in [0.2, 0.25) is 0 Å². The summed E-state index contributed by atoms with van der Waals surface area (Å²) in [5.74, 6) is 2.34. The molecule has 0 spiro atoms. The molecule has 3 aliphatic heterocycles. The average Bonchev–Trinajstić information content (AvgIpc) is 3.18. The molecule has 0 N–H and O–H groups in total. The molecule has 6 heteroatoms. The molecule has 1 amide bonds. The Morgan fingerprint density at radius 3 is 2.44 bits per heavy atom. The molecular weight excluding hydrogens is 404 g/mol. The fourth-order valence-electron chi connectivity index (χ4n) is 5.04. The second-order valence-corrected chi connectivity index (χ2v) is 9.14. The van der Waals surface area contributed by atoms with Gasteiger partial charge in [-0.3, -0.25) is 4.90 Å². The number of piperidine rings is 1. The maximum atomic E-state index is 12.3. The van der Waals surface area contributed by atoms with Crippen molar-refractivity contribution < 1.29 is 19.0 Å². The molecule has 5 rings (SSSR count). The minimum absolute atomic E-state index is 0.0829. The highest BCUT2D eigenvalue weighted by Crippen LogP contribution is 2.31. The first-order chi connectivity index (χ1) is 15.7. The molecule has 0 aliphatic carbocycles. The largest absolute Gasteiger partial charge is 0.486 e. The number of likely N-dealkylation sites (tertiary alicyclic amines) is 1. The zero-order valence-electron chi connectivity index (χ0n) is 18.5. The third-order valence-electron chi connectivity index (χ3n) is 6.90. The van der Waals surface area contributed by atoms with Crippen LogP contribution >= 0.6 is 0 Å². The van der Waals surface area contributed by atoms with E-state index in [9.17, 15) is 4.79 Å². The Morgan fingerprint density at radius 1 is 0.875 bits per heavy atom. The van der Waals surface area contributed by atoms with E-state index in [0.29, 0.717) is 19.1 Å². The van der Waals surface area contributed by atoms with Gasteiger partial charge < -0.3 is 19.1 Å². The molecule has 2 aromatic rings. The van der Waals surface area contributed by atoms with Crippen LogP contribution in [0.25, 0.3) is 0 Å². The van der Waals surface area contributed by atoms with Crippen molar-refractivity contribution in [3.63, 3.8) is 0 Å². The highest BCUT2D eigenvalue weighted by atomic mass is 16.6. The smallest absolute Gasteiger partial charge is 0.410 e. The Labute approximate surface area is 190 Å². The second-order valence-electron chi connectivity index (χ2n) is 9.14. The number of nitrogens with zero attached hydrogens (tertiary/aromatic N) is 2. The number of rotatable bonds is 7. The van der Waals surface area contributed by atoms with Gasteiger partial charge in [0, 0.05) is 13.1 Å². The SMILES string of the molecule is O=C1OC[C@H](Cc2ccccc2)N1CCC1CCN(C[C@@H]2COc3ccccc3O2)CC1. The van der Waals surface area contributed by atoms with Gasteiger partial charge in [-0.05, 0) is 62.4 Å². The average molecular weight is 437 g/mol. The van der Waals surface area contributed by atoms with E-state index in [0.717, 1.165) is 63.4 Å². The molecular formula is C26H32N2O4. The molecule has 0 bridgehead atoms. The normalized spacial score (nSPS) is 23.9. The number of cyclic esters (lactones) is 1. The lowest BCUT2D eigenvalue weighted by molar-refractivity contribution is 0.0466. The molecule has 0 saturated carbocycles. The molecule has 0 radical (unpaired) electrons. The minimum Gasteiger partial charge on any atom is -0.486 e. The van der Waals surface area contributed by atoms with Crippen LogP contribution in [0.4, 0.5) is 4.79 Å². The summed E-state index contributed by atoms with van der Waals surface area (Å²) in [4.78, 5) is 16.7. The van der Waals surface area contributed by atoms with Crippen LogP contribution in [0.3, 0.4) is 0 Å². The van der Waals surface area contributed by atoms with Gasteiger partial charge in [0.25, 0.3) is 0 Å². The molecule has 2 aromatic carbocycles. The third kappa shape index (κ3) is 5.01. The molecule has 6 nitrogen and oxygen atoms in total. The van der Waals surface area contributed by atoms with E-state index in [1.165, 1.54) is 5.56 Å². The van der Waals surface area contributed by atoms with Crippen LogP contribution in [0.2, 0.25) is 0 Å². The van der Waals surface area contributed by atoms with E-state index in [4.69, 9.17) is 14.2 Å². The van der Waals surface area contributed by atoms with Crippen molar-refractivity contribution >= 4 is 6.09 Å². The number of para-hydroxylation sites is 2. The van der Waals surface area contributed by atoms with Gasteiger partial charge in [0.15, 0.2) is 11.5 Å². The second kappa shape index (κ2) is 9.82. The van der Waals surface area contributed by atoms with Gasteiger partial charge in [0.05, 0.1) is 6.04 Å². The van der Waals surface area contributed by atoms with Gasteiger partial charge >= 0.3 is 6.09 Å². The summed E-state index contributed by atoms with van der Waals surface area (Å²) in [5, 5.41) is 0. The third-order valence-corrected chi connectivity index (χ3v) is 6.90. The molecule has 3 heterocycles. The predicted octanol–water partition coefficient (Wildman–Crippen LogP) is 3.99. The van der Waals surface area contributed by atoms with Crippen LogP contribution < -0.4 is 9.47 Å². The lowest BCUT2D eigenvalue weighted by Gasteiger charge is -2.36. The summed E-state index contributed by atoms with van der Waals surface area (Å²) >= 11 is 0. The number of benzene rings is 2. The van der Waals surface area contributed by atoms with E-state index < -0.39 is 0 Å². The Kier molecular flexibility index (Phi) is 6.49. The maximum absolute atomic E-state index is 12.3. The zero-order valence-corrected chi connectivity index (χ0v) is 18.5. The van der Waals surface area contributed by atoms with Crippen molar-refractivity contribution in [1.82, 2.24) is 9.80 Å². The summed E-state index contributed by atoms with van der Waals surface area (Å²) in [7, 11) is 0. The van der Waals surface area contributed by atoms with Crippen molar-refractivity contribution in [3.8, 4) is 11.5 Å². The Morgan fingerprint density at radius 2 is 1.62 bits per heavy atom. The summed E-state index contributed by atoms with van der Waals surface area (Å²) in [6.07, 6.45) is 4.16. The Bertz CT molecular complexity index is 898. The standard InChI is InChI=1S/C26H32N2O4/c29-26-28(22(18-31-26)16-21-6-2-1-3-7-21)15-12-20-10-13-27(14-11-20)17-23-19-30-24-8-4-5-9-25(24)32-23/h1-9,20,22-23H,10-19H2/t22-,23+/m0/s1. The van der Waals surface area contributed by atoms with Crippen molar-refractivity contribution in [2.45, 2.75) is 37.8 Å². The molecule has 0 unspecified atom stereocenters. The number of amides is 1. The fraction of sp³-hybridized carbons (Fsp3) is 0.500. The number of hydrogen-bond donors (Lipinski definition) is 0. The van der Waals surface area contributed by atoms with Gasteiger partial charge in [-0.2, -0.15) is 0 Å². The molecule has 3 aliphatic rings. The van der Waals surface area contributed by atoms with Crippen molar-refractivity contribution in [2.24, 2.45) is 5.92 Å².